The van der Waals surface area contributed by atoms with Gasteiger partial charge >= 0.3 is 0 Å². The van der Waals surface area contributed by atoms with Crippen molar-refractivity contribution in [1.29, 1.82) is 0 Å². The average Bonchev–Trinajstić information content (AvgIpc) is 2.55. The number of hydrogen-bond acceptors (Lipinski definition) is 2. The van der Waals surface area contributed by atoms with Crippen LogP contribution in [-0.4, -0.2) is 37.1 Å². The summed E-state index contributed by atoms with van der Waals surface area (Å²) < 4.78 is 18.4. The normalized spacial score (nSPS) is 15.0. The molecule has 1 heterocycles. The van der Waals surface area contributed by atoms with Gasteiger partial charge in [0, 0.05) is 24.7 Å². The maximum Gasteiger partial charge on any atom is 0.254 e. The van der Waals surface area contributed by atoms with Crippen LogP contribution < -0.4 is 0 Å². The largest absolute Gasteiger partial charge is 0.378 e. The fourth-order valence-electron chi connectivity index (χ4n) is 2.37. The van der Waals surface area contributed by atoms with E-state index in [4.69, 9.17) is 4.74 Å². The molecule has 1 saturated heterocycles. The van der Waals surface area contributed by atoms with Crippen molar-refractivity contribution in [2.75, 3.05) is 26.3 Å². The quantitative estimate of drug-likeness (QED) is 0.848. The van der Waals surface area contributed by atoms with Crippen LogP contribution in [0.25, 0.3) is 11.1 Å². The first-order chi connectivity index (χ1) is 10.2. The Hall–Kier alpha value is -2.20. The van der Waals surface area contributed by atoms with Crippen molar-refractivity contribution in [3.63, 3.8) is 0 Å². The summed E-state index contributed by atoms with van der Waals surface area (Å²) in [5.41, 5.74) is 2.29. The molecule has 107 valence electrons. The van der Waals surface area contributed by atoms with Crippen LogP contribution in [0, 0.1) is 11.9 Å². The Labute approximate surface area is 123 Å². The SMILES string of the molecule is O=C(c1ccc(-c2cc[c]c(F)c2)cc1)N1CCOCC1. The number of amides is 1. The molecule has 4 heteroatoms. The maximum atomic E-state index is 13.2. The lowest BCUT2D eigenvalue weighted by molar-refractivity contribution is 0.0303. The molecule has 0 N–H and O–H groups in total. The zero-order chi connectivity index (χ0) is 14.7. The van der Waals surface area contributed by atoms with Gasteiger partial charge in [-0.3, -0.25) is 4.79 Å². The minimum atomic E-state index is -0.388. The van der Waals surface area contributed by atoms with Crippen molar-refractivity contribution in [3.05, 3.63) is 59.9 Å². The number of hydrogen-bond donors (Lipinski definition) is 0. The van der Waals surface area contributed by atoms with Gasteiger partial charge in [-0.2, -0.15) is 0 Å². The molecule has 1 radical (unpaired) electrons. The van der Waals surface area contributed by atoms with Gasteiger partial charge in [-0.1, -0.05) is 24.3 Å². The van der Waals surface area contributed by atoms with Crippen LogP contribution in [0.1, 0.15) is 10.4 Å². The van der Waals surface area contributed by atoms with E-state index in [0.29, 0.717) is 31.9 Å². The summed E-state index contributed by atoms with van der Waals surface area (Å²) in [7, 11) is 0. The number of halogens is 1. The van der Waals surface area contributed by atoms with Gasteiger partial charge in [0.2, 0.25) is 0 Å². The summed E-state index contributed by atoms with van der Waals surface area (Å²) in [6, 6.07) is 14.5. The third kappa shape index (κ3) is 3.11. The molecule has 0 spiro atoms. The Kier molecular flexibility index (Phi) is 3.97. The summed E-state index contributed by atoms with van der Waals surface area (Å²) in [5.74, 6) is -0.376. The lowest BCUT2D eigenvalue weighted by Crippen LogP contribution is -2.40. The number of carbonyl (C=O) groups is 1. The third-order valence-electron chi connectivity index (χ3n) is 3.53. The lowest BCUT2D eigenvalue weighted by Gasteiger charge is -2.26. The molecule has 3 nitrogen and oxygen atoms in total. The van der Waals surface area contributed by atoms with E-state index in [1.807, 2.05) is 12.1 Å². The highest BCUT2D eigenvalue weighted by Crippen LogP contribution is 2.21. The molecular formula is C17H15FNO2. The average molecular weight is 284 g/mol. The van der Waals surface area contributed by atoms with Gasteiger partial charge in [0.15, 0.2) is 0 Å². The molecular weight excluding hydrogens is 269 g/mol. The van der Waals surface area contributed by atoms with Crippen molar-refractivity contribution in [1.82, 2.24) is 4.90 Å². The first kappa shape index (κ1) is 13.8. The van der Waals surface area contributed by atoms with Crippen LogP contribution in [0.3, 0.4) is 0 Å². The molecule has 2 aromatic rings. The fourth-order valence-corrected chi connectivity index (χ4v) is 2.37. The minimum Gasteiger partial charge on any atom is -0.378 e. The van der Waals surface area contributed by atoms with Crippen molar-refractivity contribution in [2.45, 2.75) is 0 Å². The summed E-state index contributed by atoms with van der Waals surface area (Å²) in [6.45, 7) is 2.42. The predicted molar refractivity (Wildman–Crippen MR) is 77.4 cm³/mol. The Morgan fingerprint density at radius 2 is 1.81 bits per heavy atom. The van der Waals surface area contributed by atoms with Gasteiger partial charge in [-0.05, 0) is 29.3 Å². The lowest BCUT2D eigenvalue weighted by atomic mass is 10.0. The third-order valence-corrected chi connectivity index (χ3v) is 3.53. The molecule has 0 bridgehead atoms. The zero-order valence-electron chi connectivity index (χ0n) is 11.5. The highest BCUT2D eigenvalue weighted by Gasteiger charge is 2.18. The molecule has 0 aromatic heterocycles. The van der Waals surface area contributed by atoms with E-state index >= 15 is 0 Å². The van der Waals surface area contributed by atoms with Gasteiger partial charge in [-0.25, -0.2) is 4.39 Å². The van der Waals surface area contributed by atoms with Crippen LogP contribution >= 0.6 is 0 Å². The fraction of sp³-hybridized carbons (Fsp3) is 0.235. The molecule has 0 aliphatic carbocycles. The van der Waals surface area contributed by atoms with Crippen molar-refractivity contribution >= 4 is 5.91 Å². The first-order valence-electron chi connectivity index (χ1n) is 6.89. The molecule has 1 fully saturated rings. The second-order valence-electron chi connectivity index (χ2n) is 4.91. The Bertz CT molecular complexity index is 633. The van der Waals surface area contributed by atoms with Crippen molar-refractivity contribution < 1.29 is 13.9 Å². The van der Waals surface area contributed by atoms with E-state index in [1.54, 1.807) is 29.2 Å². The van der Waals surface area contributed by atoms with E-state index < -0.39 is 0 Å². The predicted octanol–water partition coefficient (Wildman–Crippen LogP) is 2.77. The van der Waals surface area contributed by atoms with Crippen LogP contribution in [0.5, 0.6) is 0 Å². The van der Waals surface area contributed by atoms with Gasteiger partial charge in [0.25, 0.3) is 5.91 Å². The Morgan fingerprint density at radius 1 is 1.10 bits per heavy atom. The molecule has 0 atom stereocenters. The highest BCUT2D eigenvalue weighted by molar-refractivity contribution is 5.94. The molecule has 0 saturated carbocycles. The van der Waals surface area contributed by atoms with Gasteiger partial charge in [0.1, 0.15) is 5.82 Å². The molecule has 21 heavy (non-hydrogen) atoms. The maximum absolute atomic E-state index is 13.2. The van der Waals surface area contributed by atoms with Gasteiger partial charge < -0.3 is 9.64 Å². The molecule has 1 aliphatic heterocycles. The molecule has 3 rings (SSSR count). The summed E-state index contributed by atoms with van der Waals surface area (Å²) in [4.78, 5) is 14.1. The van der Waals surface area contributed by atoms with E-state index in [9.17, 15) is 9.18 Å². The summed E-state index contributed by atoms with van der Waals surface area (Å²) in [5, 5.41) is 0. The number of rotatable bonds is 2. The zero-order valence-corrected chi connectivity index (χ0v) is 11.5. The number of benzene rings is 2. The Balaban J connectivity index is 1.79. The Morgan fingerprint density at radius 3 is 2.48 bits per heavy atom. The van der Waals surface area contributed by atoms with Crippen LogP contribution in [-0.2, 0) is 4.74 Å². The van der Waals surface area contributed by atoms with Gasteiger partial charge in [0.05, 0.1) is 13.2 Å². The smallest absolute Gasteiger partial charge is 0.254 e. The topological polar surface area (TPSA) is 29.5 Å². The van der Waals surface area contributed by atoms with Crippen LogP contribution in [0.4, 0.5) is 4.39 Å². The molecule has 0 unspecified atom stereocenters. The number of nitrogens with zero attached hydrogens (tertiary/aromatic N) is 1. The second-order valence-corrected chi connectivity index (χ2v) is 4.91. The monoisotopic (exact) mass is 284 g/mol. The first-order valence-corrected chi connectivity index (χ1v) is 6.89. The summed E-state index contributed by atoms with van der Waals surface area (Å²) in [6.07, 6.45) is 0. The standard InChI is InChI=1S/C17H15FNO2/c18-16-3-1-2-15(12-16)13-4-6-14(7-5-13)17(20)19-8-10-21-11-9-19/h1-2,4-7,12H,8-11H2. The van der Waals surface area contributed by atoms with E-state index in [-0.39, 0.29) is 11.7 Å². The minimum absolute atomic E-state index is 0.0115. The molecule has 1 aliphatic rings. The number of carbonyl (C=O) groups excluding carboxylic acids is 1. The van der Waals surface area contributed by atoms with E-state index in [2.05, 4.69) is 6.07 Å². The molecule has 1 amide bonds. The van der Waals surface area contributed by atoms with E-state index in [1.165, 1.54) is 6.07 Å². The highest BCUT2D eigenvalue weighted by atomic mass is 19.1. The van der Waals surface area contributed by atoms with E-state index in [0.717, 1.165) is 11.1 Å². The second kappa shape index (κ2) is 6.06. The van der Waals surface area contributed by atoms with Crippen LogP contribution in [0.15, 0.2) is 42.5 Å². The molecule has 2 aromatic carbocycles. The van der Waals surface area contributed by atoms with Crippen molar-refractivity contribution in [3.8, 4) is 11.1 Å². The van der Waals surface area contributed by atoms with Crippen molar-refractivity contribution in [2.24, 2.45) is 0 Å². The number of morpholine rings is 1. The van der Waals surface area contributed by atoms with Crippen LogP contribution in [0.2, 0.25) is 0 Å². The van der Waals surface area contributed by atoms with Gasteiger partial charge in [-0.15, -0.1) is 0 Å². The summed E-state index contributed by atoms with van der Waals surface area (Å²) >= 11 is 0. The number of ether oxygens (including phenoxy) is 1.